The highest BCUT2D eigenvalue weighted by Gasteiger charge is 2.35. The lowest BCUT2D eigenvalue weighted by atomic mass is 9.99. The second-order valence-corrected chi connectivity index (χ2v) is 9.76. The Morgan fingerprint density at radius 1 is 1.07 bits per heavy atom. The summed E-state index contributed by atoms with van der Waals surface area (Å²) in [6.45, 7) is 6.73. The van der Waals surface area contributed by atoms with Crippen LogP contribution in [0.4, 0.5) is 5.69 Å². The molecule has 0 fully saturated rings. The van der Waals surface area contributed by atoms with Gasteiger partial charge in [-0.2, -0.15) is 0 Å². The Bertz CT molecular complexity index is 1000. The molecular weight excluding hydrogens is 396 g/mol. The van der Waals surface area contributed by atoms with Gasteiger partial charge in [-0.25, -0.2) is 8.42 Å². The average molecular weight is 429 g/mol. The number of unbranched alkanes of at least 4 members (excludes halogenated alkanes) is 1. The molecule has 1 amide bonds. The van der Waals surface area contributed by atoms with Gasteiger partial charge in [0.2, 0.25) is 5.91 Å². The van der Waals surface area contributed by atoms with Gasteiger partial charge < -0.3 is 5.32 Å². The molecule has 5 nitrogen and oxygen atoms in total. The first-order chi connectivity index (χ1) is 14.4. The second kappa shape index (κ2) is 9.65. The monoisotopic (exact) mass is 428 g/mol. The van der Waals surface area contributed by atoms with E-state index in [0.29, 0.717) is 23.7 Å². The third-order valence-electron chi connectivity index (χ3n) is 5.90. The Labute approximate surface area is 180 Å². The first kappa shape index (κ1) is 22.3. The molecule has 0 unspecified atom stereocenters. The van der Waals surface area contributed by atoms with Crippen LogP contribution in [-0.2, 0) is 21.2 Å². The zero-order valence-electron chi connectivity index (χ0n) is 18.1. The van der Waals surface area contributed by atoms with Crippen molar-refractivity contribution >= 4 is 21.6 Å². The molecule has 0 radical (unpaired) electrons. The summed E-state index contributed by atoms with van der Waals surface area (Å²) in [6.07, 6.45) is 5.20. The molecule has 3 rings (SSSR count). The Balaban J connectivity index is 1.87. The molecule has 0 bridgehead atoms. The highest BCUT2D eigenvalue weighted by Crippen LogP contribution is 2.43. The summed E-state index contributed by atoms with van der Waals surface area (Å²) in [5.41, 5.74) is 3.26. The molecule has 0 aliphatic carbocycles. The van der Waals surface area contributed by atoms with Crippen molar-refractivity contribution in [1.82, 2.24) is 5.32 Å². The van der Waals surface area contributed by atoms with Crippen LogP contribution >= 0.6 is 0 Å². The van der Waals surface area contributed by atoms with Crippen molar-refractivity contribution in [3.8, 4) is 11.1 Å². The summed E-state index contributed by atoms with van der Waals surface area (Å²) >= 11 is 0. The van der Waals surface area contributed by atoms with Gasteiger partial charge in [0.1, 0.15) is 6.54 Å². The summed E-state index contributed by atoms with van der Waals surface area (Å²) in [5.74, 6) is 0.158. The summed E-state index contributed by atoms with van der Waals surface area (Å²) in [7, 11) is -3.80. The van der Waals surface area contributed by atoms with Gasteiger partial charge in [-0.1, -0.05) is 64.3 Å². The topological polar surface area (TPSA) is 66.5 Å². The van der Waals surface area contributed by atoms with E-state index in [-0.39, 0.29) is 17.3 Å². The highest BCUT2D eigenvalue weighted by atomic mass is 32.2. The predicted octanol–water partition coefficient (Wildman–Crippen LogP) is 4.76. The maximum atomic E-state index is 13.3. The molecule has 1 aliphatic heterocycles. The summed E-state index contributed by atoms with van der Waals surface area (Å²) in [6, 6.07) is 12.8. The van der Waals surface area contributed by atoms with Crippen molar-refractivity contribution < 1.29 is 13.2 Å². The van der Waals surface area contributed by atoms with Crippen LogP contribution in [0, 0.1) is 5.92 Å². The zero-order valence-corrected chi connectivity index (χ0v) is 19.0. The number of sulfonamides is 1. The Morgan fingerprint density at radius 2 is 1.83 bits per heavy atom. The average Bonchev–Trinajstić information content (AvgIpc) is 2.76. The van der Waals surface area contributed by atoms with Crippen molar-refractivity contribution in [1.29, 1.82) is 0 Å². The van der Waals surface area contributed by atoms with Gasteiger partial charge in [0, 0.05) is 17.7 Å². The van der Waals surface area contributed by atoms with E-state index in [1.807, 2.05) is 30.3 Å². The normalized spacial score (nSPS) is 15.2. The number of rotatable bonds is 9. The fourth-order valence-electron chi connectivity index (χ4n) is 3.96. The lowest BCUT2D eigenvalue weighted by Gasteiger charge is -2.32. The highest BCUT2D eigenvalue weighted by molar-refractivity contribution is 7.93. The van der Waals surface area contributed by atoms with E-state index < -0.39 is 10.0 Å². The number of fused-ring (bicyclic) bond motifs is 3. The maximum absolute atomic E-state index is 13.3. The lowest BCUT2D eigenvalue weighted by Crippen LogP contribution is -2.43. The molecule has 2 aromatic rings. The minimum atomic E-state index is -3.80. The van der Waals surface area contributed by atoms with E-state index in [0.717, 1.165) is 43.2 Å². The van der Waals surface area contributed by atoms with Crippen LogP contribution in [0.1, 0.15) is 52.0 Å². The van der Waals surface area contributed by atoms with Gasteiger partial charge in [0.05, 0.1) is 10.6 Å². The smallest absolute Gasteiger partial charge is 0.265 e. The van der Waals surface area contributed by atoms with Gasteiger partial charge >= 0.3 is 0 Å². The number of nitrogens with one attached hydrogen (secondary N) is 1. The van der Waals surface area contributed by atoms with Crippen molar-refractivity contribution in [2.75, 3.05) is 17.4 Å². The van der Waals surface area contributed by atoms with E-state index in [1.54, 1.807) is 12.1 Å². The molecule has 1 heterocycles. The number of aryl methyl sites for hydroxylation is 1. The third kappa shape index (κ3) is 4.53. The molecule has 162 valence electrons. The summed E-state index contributed by atoms with van der Waals surface area (Å²) < 4.78 is 27.9. The zero-order chi connectivity index (χ0) is 21.7. The minimum absolute atomic E-state index is 0.209. The van der Waals surface area contributed by atoms with Gasteiger partial charge in [0.25, 0.3) is 10.0 Å². The van der Waals surface area contributed by atoms with Crippen LogP contribution in [0.2, 0.25) is 0 Å². The van der Waals surface area contributed by atoms with Crippen molar-refractivity contribution in [3.05, 3.63) is 48.0 Å². The predicted molar refractivity (Wildman–Crippen MR) is 122 cm³/mol. The van der Waals surface area contributed by atoms with Crippen molar-refractivity contribution in [3.63, 3.8) is 0 Å². The summed E-state index contributed by atoms with van der Waals surface area (Å²) in [5, 5.41) is 2.96. The fraction of sp³-hybridized carbons (Fsp3) is 0.458. The van der Waals surface area contributed by atoms with Crippen LogP contribution in [0.15, 0.2) is 47.4 Å². The van der Waals surface area contributed by atoms with Crippen LogP contribution in [0.25, 0.3) is 11.1 Å². The summed E-state index contributed by atoms with van der Waals surface area (Å²) in [4.78, 5) is 13.0. The maximum Gasteiger partial charge on any atom is 0.265 e. The minimum Gasteiger partial charge on any atom is -0.354 e. The fourth-order valence-corrected chi connectivity index (χ4v) is 5.61. The second-order valence-electron chi connectivity index (χ2n) is 7.93. The molecule has 0 aromatic heterocycles. The molecule has 1 atom stereocenters. The largest absolute Gasteiger partial charge is 0.354 e. The van der Waals surface area contributed by atoms with Crippen LogP contribution in [-0.4, -0.2) is 27.4 Å². The molecular formula is C24H32N2O3S. The molecule has 0 saturated heterocycles. The Morgan fingerprint density at radius 3 is 2.53 bits per heavy atom. The molecule has 2 aromatic carbocycles. The molecule has 6 heteroatoms. The lowest BCUT2D eigenvalue weighted by molar-refractivity contribution is -0.119. The van der Waals surface area contributed by atoms with Gasteiger partial charge in [-0.15, -0.1) is 0 Å². The van der Waals surface area contributed by atoms with Gasteiger partial charge in [-0.05, 0) is 42.5 Å². The molecule has 30 heavy (non-hydrogen) atoms. The number of amides is 1. The number of hydrogen-bond donors (Lipinski definition) is 1. The van der Waals surface area contributed by atoms with E-state index in [1.165, 1.54) is 4.31 Å². The Hall–Kier alpha value is -2.34. The number of nitrogens with zero attached hydrogens (tertiary/aromatic N) is 1. The van der Waals surface area contributed by atoms with E-state index in [4.69, 9.17) is 0 Å². The number of anilines is 1. The number of hydrogen-bond acceptors (Lipinski definition) is 3. The van der Waals surface area contributed by atoms with Crippen molar-refractivity contribution in [2.45, 2.75) is 57.8 Å². The quantitative estimate of drug-likeness (QED) is 0.626. The molecule has 1 aliphatic rings. The van der Waals surface area contributed by atoms with Gasteiger partial charge in [-0.3, -0.25) is 9.10 Å². The first-order valence-electron chi connectivity index (χ1n) is 10.9. The molecule has 1 N–H and O–H groups in total. The van der Waals surface area contributed by atoms with Crippen molar-refractivity contribution in [2.24, 2.45) is 5.92 Å². The van der Waals surface area contributed by atoms with Crippen LogP contribution < -0.4 is 9.62 Å². The van der Waals surface area contributed by atoms with Crippen LogP contribution in [0.3, 0.4) is 0 Å². The molecule has 0 saturated carbocycles. The standard InChI is InChI=1S/C24H32N2O3S/c1-4-7-10-19(6-3)16-25-24(27)17-26-22-14-13-18(5-2)15-21(22)20-11-8-9-12-23(20)30(26,28)29/h8-9,11-15,19H,4-7,10,16-17H2,1-3H3,(H,25,27)/t19-/m0/s1. The van der Waals surface area contributed by atoms with E-state index in [2.05, 4.69) is 26.1 Å². The number of carbonyl (C=O) groups is 1. The third-order valence-corrected chi connectivity index (χ3v) is 7.72. The first-order valence-corrected chi connectivity index (χ1v) is 12.4. The SMILES string of the molecule is CCCC[C@H](CC)CNC(=O)CN1c2ccc(CC)cc2-c2ccccc2S1(=O)=O. The number of carbonyl (C=O) groups excluding carboxylic acids is 1. The van der Waals surface area contributed by atoms with Crippen LogP contribution in [0.5, 0.6) is 0 Å². The van der Waals surface area contributed by atoms with E-state index >= 15 is 0 Å². The van der Waals surface area contributed by atoms with Gasteiger partial charge in [0.15, 0.2) is 0 Å². The van der Waals surface area contributed by atoms with E-state index in [9.17, 15) is 13.2 Å². The Kier molecular flexibility index (Phi) is 7.19. The molecule has 0 spiro atoms. The number of benzene rings is 2.